The molecule has 0 aliphatic carbocycles. The van der Waals surface area contributed by atoms with Crippen molar-refractivity contribution in [2.75, 3.05) is 13.2 Å². The number of halogens is 4. The van der Waals surface area contributed by atoms with Gasteiger partial charge in [-0.2, -0.15) is 13.2 Å². The van der Waals surface area contributed by atoms with E-state index in [4.69, 9.17) is 10.5 Å². The van der Waals surface area contributed by atoms with E-state index >= 15 is 0 Å². The number of nitrogens with two attached hydrogens (primary N) is 1. The third kappa shape index (κ3) is 5.37. The molecule has 0 saturated carbocycles. The number of alkyl halides is 3. The third-order valence-corrected chi connectivity index (χ3v) is 3.11. The first-order valence-electron chi connectivity index (χ1n) is 5.57. The predicted molar refractivity (Wildman–Crippen MR) is 67.2 cm³/mol. The molecular weight excluding hydrogens is 311 g/mol. The molecule has 0 bridgehead atoms. The molecule has 1 rings (SSSR count). The SMILES string of the molecule is NCC(OCCCC(F)(F)F)c1ccccc1Br. The Morgan fingerprint density at radius 1 is 1.28 bits per heavy atom. The van der Waals surface area contributed by atoms with Gasteiger partial charge in [0.1, 0.15) is 0 Å². The van der Waals surface area contributed by atoms with Crippen LogP contribution in [-0.4, -0.2) is 19.3 Å². The van der Waals surface area contributed by atoms with Gasteiger partial charge < -0.3 is 10.5 Å². The van der Waals surface area contributed by atoms with Crippen LogP contribution in [-0.2, 0) is 4.74 Å². The quantitative estimate of drug-likeness (QED) is 0.807. The molecule has 2 N–H and O–H groups in total. The topological polar surface area (TPSA) is 35.2 Å². The molecule has 1 unspecified atom stereocenters. The van der Waals surface area contributed by atoms with Crippen molar-refractivity contribution < 1.29 is 17.9 Å². The van der Waals surface area contributed by atoms with Crippen molar-refractivity contribution in [2.24, 2.45) is 5.73 Å². The Morgan fingerprint density at radius 3 is 2.50 bits per heavy atom. The minimum Gasteiger partial charge on any atom is -0.372 e. The van der Waals surface area contributed by atoms with Gasteiger partial charge in [0.2, 0.25) is 0 Å². The van der Waals surface area contributed by atoms with Crippen molar-refractivity contribution in [1.29, 1.82) is 0 Å². The zero-order chi connectivity index (χ0) is 13.6. The minimum absolute atomic E-state index is 0.0444. The Morgan fingerprint density at radius 2 is 1.94 bits per heavy atom. The van der Waals surface area contributed by atoms with Crippen molar-refractivity contribution in [3.8, 4) is 0 Å². The van der Waals surface area contributed by atoms with E-state index in [1.807, 2.05) is 24.3 Å². The van der Waals surface area contributed by atoms with Gasteiger partial charge in [-0.25, -0.2) is 0 Å². The number of hydrogen-bond donors (Lipinski definition) is 1. The lowest BCUT2D eigenvalue weighted by Crippen LogP contribution is -2.18. The zero-order valence-corrected chi connectivity index (χ0v) is 11.3. The van der Waals surface area contributed by atoms with E-state index in [-0.39, 0.29) is 25.7 Å². The van der Waals surface area contributed by atoms with Crippen molar-refractivity contribution in [2.45, 2.75) is 25.1 Å². The van der Waals surface area contributed by atoms with E-state index in [2.05, 4.69) is 15.9 Å². The molecule has 0 spiro atoms. The summed E-state index contributed by atoms with van der Waals surface area (Å²) in [5.74, 6) is 0. The molecule has 1 aromatic carbocycles. The van der Waals surface area contributed by atoms with E-state index in [1.54, 1.807) is 0 Å². The maximum atomic E-state index is 12.0. The second kappa shape index (κ2) is 7.11. The molecule has 6 heteroatoms. The molecule has 0 aliphatic rings. The van der Waals surface area contributed by atoms with Crippen LogP contribution in [0.15, 0.2) is 28.7 Å². The summed E-state index contributed by atoms with van der Waals surface area (Å²) < 4.78 is 42.1. The molecule has 0 aliphatic heterocycles. The highest BCUT2D eigenvalue weighted by Gasteiger charge is 2.26. The molecule has 0 heterocycles. The molecule has 0 amide bonds. The first-order chi connectivity index (χ1) is 8.44. The van der Waals surface area contributed by atoms with Crippen molar-refractivity contribution in [1.82, 2.24) is 0 Å². The van der Waals surface area contributed by atoms with Gasteiger partial charge in [0.15, 0.2) is 0 Å². The van der Waals surface area contributed by atoms with E-state index in [1.165, 1.54) is 0 Å². The van der Waals surface area contributed by atoms with E-state index < -0.39 is 12.6 Å². The summed E-state index contributed by atoms with van der Waals surface area (Å²) >= 11 is 3.36. The summed E-state index contributed by atoms with van der Waals surface area (Å²) in [4.78, 5) is 0. The van der Waals surface area contributed by atoms with Crippen molar-refractivity contribution in [3.05, 3.63) is 34.3 Å². The fraction of sp³-hybridized carbons (Fsp3) is 0.500. The van der Waals surface area contributed by atoms with Gasteiger partial charge in [-0.3, -0.25) is 0 Å². The third-order valence-electron chi connectivity index (χ3n) is 2.39. The monoisotopic (exact) mass is 325 g/mol. The molecule has 2 nitrogen and oxygen atoms in total. The average Bonchev–Trinajstić information content (AvgIpc) is 2.29. The Hall–Kier alpha value is -0.590. The standard InChI is InChI=1S/C12H15BrF3NO/c13-10-5-2-1-4-9(10)11(8-17)18-7-3-6-12(14,15)16/h1-2,4-5,11H,3,6-8,17H2. The molecule has 0 aromatic heterocycles. The van der Waals surface area contributed by atoms with Crippen LogP contribution in [0, 0.1) is 0 Å². The van der Waals surface area contributed by atoms with Crippen LogP contribution in [0.1, 0.15) is 24.5 Å². The fourth-order valence-electron chi connectivity index (χ4n) is 1.52. The van der Waals surface area contributed by atoms with Crippen LogP contribution < -0.4 is 5.73 Å². The predicted octanol–water partition coefficient (Wildman–Crippen LogP) is 3.81. The summed E-state index contributed by atoms with van der Waals surface area (Å²) in [6, 6.07) is 7.37. The summed E-state index contributed by atoms with van der Waals surface area (Å²) in [5, 5.41) is 0. The van der Waals surface area contributed by atoms with Crippen molar-refractivity contribution in [3.63, 3.8) is 0 Å². The molecular formula is C12H15BrF3NO. The minimum atomic E-state index is -4.13. The van der Waals surface area contributed by atoms with Gasteiger partial charge >= 0.3 is 6.18 Å². The second-order valence-corrected chi connectivity index (χ2v) is 4.69. The molecule has 0 fully saturated rings. The molecule has 18 heavy (non-hydrogen) atoms. The van der Waals surface area contributed by atoms with E-state index in [0.29, 0.717) is 0 Å². The van der Waals surface area contributed by atoms with Gasteiger partial charge in [0.25, 0.3) is 0 Å². The van der Waals surface area contributed by atoms with Crippen LogP contribution in [0.5, 0.6) is 0 Å². The summed E-state index contributed by atoms with van der Waals surface area (Å²) in [6.45, 7) is 0.275. The smallest absolute Gasteiger partial charge is 0.372 e. The van der Waals surface area contributed by atoms with Gasteiger partial charge in [0.05, 0.1) is 6.10 Å². The number of hydrogen-bond acceptors (Lipinski definition) is 2. The van der Waals surface area contributed by atoms with Crippen LogP contribution in [0.4, 0.5) is 13.2 Å². The van der Waals surface area contributed by atoms with Crippen LogP contribution >= 0.6 is 15.9 Å². The Bertz CT molecular complexity index is 371. The largest absolute Gasteiger partial charge is 0.389 e. The Kier molecular flexibility index (Phi) is 6.11. The molecule has 0 saturated heterocycles. The highest BCUT2D eigenvalue weighted by atomic mass is 79.9. The fourth-order valence-corrected chi connectivity index (χ4v) is 2.06. The molecule has 1 aromatic rings. The maximum absolute atomic E-state index is 12.0. The molecule has 102 valence electrons. The van der Waals surface area contributed by atoms with Gasteiger partial charge in [-0.1, -0.05) is 34.1 Å². The average molecular weight is 326 g/mol. The van der Waals surface area contributed by atoms with Gasteiger partial charge in [-0.05, 0) is 18.1 Å². The van der Waals surface area contributed by atoms with Gasteiger partial charge in [0, 0.05) is 24.0 Å². The number of benzene rings is 1. The Labute approximate surface area is 112 Å². The van der Waals surface area contributed by atoms with Gasteiger partial charge in [-0.15, -0.1) is 0 Å². The molecule has 1 atom stereocenters. The lowest BCUT2D eigenvalue weighted by molar-refractivity contribution is -0.138. The zero-order valence-electron chi connectivity index (χ0n) is 9.71. The second-order valence-electron chi connectivity index (χ2n) is 3.84. The lowest BCUT2D eigenvalue weighted by atomic mass is 10.1. The normalized spacial score (nSPS) is 13.6. The maximum Gasteiger partial charge on any atom is 0.389 e. The summed E-state index contributed by atoms with van der Waals surface area (Å²) in [6.07, 6.45) is -5.40. The summed E-state index contributed by atoms with van der Waals surface area (Å²) in [5.41, 5.74) is 6.43. The first-order valence-corrected chi connectivity index (χ1v) is 6.36. The van der Waals surface area contributed by atoms with Crippen molar-refractivity contribution >= 4 is 15.9 Å². The van der Waals surface area contributed by atoms with Crippen LogP contribution in [0.3, 0.4) is 0 Å². The van der Waals surface area contributed by atoms with Crippen LogP contribution in [0.2, 0.25) is 0 Å². The first kappa shape index (κ1) is 15.5. The number of ether oxygens (including phenoxy) is 1. The highest BCUT2D eigenvalue weighted by molar-refractivity contribution is 9.10. The van der Waals surface area contributed by atoms with E-state index in [9.17, 15) is 13.2 Å². The lowest BCUT2D eigenvalue weighted by Gasteiger charge is -2.18. The molecule has 0 radical (unpaired) electrons. The number of rotatable bonds is 6. The Balaban J connectivity index is 2.46. The van der Waals surface area contributed by atoms with Crippen LogP contribution in [0.25, 0.3) is 0 Å². The highest BCUT2D eigenvalue weighted by Crippen LogP contribution is 2.26. The summed E-state index contributed by atoms with van der Waals surface area (Å²) in [7, 11) is 0. The van der Waals surface area contributed by atoms with E-state index in [0.717, 1.165) is 10.0 Å².